The molecule has 0 bridgehead atoms. The van der Waals surface area contributed by atoms with Crippen molar-refractivity contribution in [1.29, 1.82) is 0 Å². The highest BCUT2D eigenvalue weighted by Crippen LogP contribution is 2.08. The Morgan fingerprint density at radius 1 is 1.56 bits per heavy atom. The van der Waals surface area contributed by atoms with Crippen LogP contribution in [0.15, 0.2) is 0 Å². The number of hydrogen-bond acceptors (Lipinski definition) is 5. The molecule has 2 atom stereocenters. The summed E-state index contributed by atoms with van der Waals surface area (Å²) < 4.78 is 4.74. The largest absolute Gasteiger partial charge is 0.465 e. The molecule has 1 rings (SSSR count). The number of carboxylic acid groups (broad SMARTS) is 1. The van der Waals surface area contributed by atoms with E-state index in [1.165, 1.54) is 4.90 Å². The molecule has 0 unspecified atom stereocenters. The molecule has 0 spiro atoms. The van der Waals surface area contributed by atoms with Crippen LogP contribution in [0.2, 0.25) is 0 Å². The Labute approximate surface area is 93.5 Å². The summed E-state index contributed by atoms with van der Waals surface area (Å²) in [6.07, 6.45) is -0.990. The van der Waals surface area contributed by atoms with E-state index in [1.54, 1.807) is 6.92 Å². The lowest BCUT2D eigenvalue weighted by Crippen LogP contribution is -2.46. The molecule has 1 aliphatic heterocycles. The van der Waals surface area contributed by atoms with Crippen LogP contribution in [0.3, 0.4) is 0 Å². The van der Waals surface area contributed by atoms with Crippen LogP contribution in [0.25, 0.3) is 0 Å². The molecule has 4 N–H and O–H groups in total. The van der Waals surface area contributed by atoms with Crippen LogP contribution in [-0.4, -0.2) is 60.4 Å². The lowest BCUT2D eigenvalue weighted by Gasteiger charge is -2.15. The third-order valence-corrected chi connectivity index (χ3v) is 2.45. The SMILES string of the molecule is CCOC(=O)CN[C@H]1CN(C(=O)O)C[C@@H]1N. The van der Waals surface area contributed by atoms with Gasteiger partial charge >= 0.3 is 12.1 Å². The summed E-state index contributed by atoms with van der Waals surface area (Å²) >= 11 is 0. The first-order valence-corrected chi connectivity index (χ1v) is 5.17. The molecule has 0 aromatic rings. The standard InChI is InChI=1S/C9H17N3O4/c1-2-16-8(13)3-11-7-5-12(9(14)15)4-6(7)10/h6-7,11H,2-5,10H2,1H3,(H,14,15)/t6-,7-/m0/s1. The van der Waals surface area contributed by atoms with Crippen LogP contribution >= 0.6 is 0 Å². The Balaban J connectivity index is 2.33. The topological polar surface area (TPSA) is 105 Å². The van der Waals surface area contributed by atoms with Crippen molar-refractivity contribution in [2.75, 3.05) is 26.2 Å². The van der Waals surface area contributed by atoms with Gasteiger partial charge in [0.2, 0.25) is 0 Å². The zero-order valence-electron chi connectivity index (χ0n) is 9.18. The molecule has 0 aliphatic carbocycles. The molecular formula is C9H17N3O4. The van der Waals surface area contributed by atoms with Crippen molar-refractivity contribution in [2.45, 2.75) is 19.0 Å². The van der Waals surface area contributed by atoms with E-state index in [0.717, 1.165) is 0 Å². The number of hydrogen-bond donors (Lipinski definition) is 3. The fraction of sp³-hybridized carbons (Fsp3) is 0.778. The van der Waals surface area contributed by atoms with E-state index in [1.807, 2.05) is 0 Å². The fourth-order valence-electron chi connectivity index (χ4n) is 1.63. The first-order chi connectivity index (χ1) is 7.54. The highest BCUT2D eigenvalue weighted by Gasteiger charge is 2.32. The Bertz CT molecular complexity index is 271. The monoisotopic (exact) mass is 231 g/mol. The maximum atomic E-state index is 11.1. The highest BCUT2D eigenvalue weighted by molar-refractivity contribution is 5.71. The third-order valence-electron chi connectivity index (χ3n) is 2.45. The van der Waals surface area contributed by atoms with E-state index < -0.39 is 6.09 Å². The zero-order chi connectivity index (χ0) is 12.1. The summed E-state index contributed by atoms with van der Waals surface area (Å²) in [5, 5.41) is 11.7. The molecule has 16 heavy (non-hydrogen) atoms. The number of nitrogens with one attached hydrogen (secondary N) is 1. The molecule has 0 radical (unpaired) electrons. The summed E-state index contributed by atoms with van der Waals surface area (Å²) in [5.41, 5.74) is 5.75. The maximum Gasteiger partial charge on any atom is 0.407 e. The van der Waals surface area contributed by atoms with Crippen molar-refractivity contribution in [3.8, 4) is 0 Å². The summed E-state index contributed by atoms with van der Waals surface area (Å²) in [6.45, 7) is 2.70. The summed E-state index contributed by atoms with van der Waals surface area (Å²) in [6, 6.07) is -0.481. The van der Waals surface area contributed by atoms with Gasteiger partial charge in [0.05, 0.1) is 13.2 Å². The Hall–Kier alpha value is -1.34. The quantitative estimate of drug-likeness (QED) is 0.526. The normalized spacial score (nSPS) is 24.5. The molecule has 1 heterocycles. The first-order valence-electron chi connectivity index (χ1n) is 5.17. The van der Waals surface area contributed by atoms with Gasteiger partial charge in [-0.25, -0.2) is 4.79 Å². The number of rotatable bonds is 4. The minimum absolute atomic E-state index is 0.0552. The molecule has 1 saturated heterocycles. The van der Waals surface area contributed by atoms with Gasteiger partial charge in [0, 0.05) is 25.2 Å². The predicted molar refractivity (Wildman–Crippen MR) is 56.0 cm³/mol. The second-order valence-corrected chi connectivity index (χ2v) is 3.64. The van der Waals surface area contributed by atoms with Crippen LogP contribution in [0, 0.1) is 0 Å². The van der Waals surface area contributed by atoms with Crippen LogP contribution in [0.5, 0.6) is 0 Å². The van der Waals surface area contributed by atoms with Crippen molar-refractivity contribution in [2.24, 2.45) is 5.73 Å². The first kappa shape index (κ1) is 12.7. The van der Waals surface area contributed by atoms with Gasteiger partial charge in [-0.15, -0.1) is 0 Å². The number of esters is 1. The Kier molecular flexibility index (Phi) is 4.51. The molecule has 1 amide bonds. The second-order valence-electron chi connectivity index (χ2n) is 3.64. The van der Waals surface area contributed by atoms with E-state index in [2.05, 4.69) is 5.32 Å². The minimum Gasteiger partial charge on any atom is -0.465 e. The molecule has 92 valence electrons. The summed E-state index contributed by atoms with van der Waals surface area (Å²) in [5.74, 6) is -0.358. The molecule has 0 aromatic heterocycles. The number of amides is 1. The second kappa shape index (κ2) is 5.66. The summed E-state index contributed by atoms with van der Waals surface area (Å²) in [4.78, 5) is 23.0. The van der Waals surface area contributed by atoms with Crippen molar-refractivity contribution in [3.05, 3.63) is 0 Å². The average Bonchev–Trinajstić information content (AvgIpc) is 2.58. The van der Waals surface area contributed by atoms with Crippen LogP contribution in [0.4, 0.5) is 4.79 Å². The van der Waals surface area contributed by atoms with Crippen LogP contribution in [0.1, 0.15) is 6.92 Å². The number of ether oxygens (including phenoxy) is 1. The lowest BCUT2D eigenvalue weighted by atomic mass is 10.2. The molecule has 0 saturated carbocycles. The van der Waals surface area contributed by atoms with Crippen molar-refractivity contribution >= 4 is 12.1 Å². The summed E-state index contributed by atoms with van der Waals surface area (Å²) in [7, 11) is 0. The van der Waals surface area contributed by atoms with E-state index in [4.69, 9.17) is 15.6 Å². The third kappa shape index (κ3) is 3.35. The maximum absolute atomic E-state index is 11.1. The number of nitrogens with two attached hydrogens (primary N) is 1. The van der Waals surface area contributed by atoms with E-state index in [9.17, 15) is 9.59 Å². The zero-order valence-corrected chi connectivity index (χ0v) is 9.18. The van der Waals surface area contributed by atoms with E-state index >= 15 is 0 Å². The smallest absolute Gasteiger partial charge is 0.407 e. The van der Waals surface area contributed by atoms with Crippen molar-refractivity contribution < 1.29 is 19.4 Å². The highest BCUT2D eigenvalue weighted by atomic mass is 16.5. The van der Waals surface area contributed by atoms with Gasteiger partial charge in [-0.1, -0.05) is 0 Å². The lowest BCUT2D eigenvalue weighted by molar-refractivity contribution is -0.142. The number of likely N-dealkylation sites (tertiary alicyclic amines) is 1. The van der Waals surface area contributed by atoms with Crippen LogP contribution in [-0.2, 0) is 9.53 Å². The van der Waals surface area contributed by atoms with Gasteiger partial charge in [0.1, 0.15) is 0 Å². The molecule has 1 fully saturated rings. The van der Waals surface area contributed by atoms with Gasteiger partial charge in [0.25, 0.3) is 0 Å². The molecule has 0 aromatic carbocycles. The van der Waals surface area contributed by atoms with Crippen molar-refractivity contribution in [1.82, 2.24) is 10.2 Å². The van der Waals surface area contributed by atoms with Crippen LogP contribution < -0.4 is 11.1 Å². The predicted octanol–water partition coefficient (Wildman–Crippen LogP) is -1.17. The fourth-order valence-corrected chi connectivity index (χ4v) is 1.63. The molecule has 1 aliphatic rings. The van der Waals surface area contributed by atoms with Gasteiger partial charge in [-0.2, -0.15) is 0 Å². The minimum atomic E-state index is -0.990. The van der Waals surface area contributed by atoms with E-state index in [-0.39, 0.29) is 31.1 Å². The number of nitrogens with zero attached hydrogens (tertiary/aromatic N) is 1. The molecule has 7 nitrogen and oxygen atoms in total. The van der Waals surface area contributed by atoms with E-state index in [0.29, 0.717) is 13.2 Å². The number of carbonyl (C=O) groups is 2. The van der Waals surface area contributed by atoms with Gasteiger partial charge in [-0.3, -0.25) is 4.79 Å². The van der Waals surface area contributed by atoms with Gasteiger partial charge in [0.15, 0.2) is 0 Å². The Morgan fingerprint density at radius 3 is 2.75 bits per heavy atom. The Morgan fingerprint density at radius 2 is 2.25 bits per heavy atom. The van der Waals surface area contributed by atoms with Gasteiger partial charge in [-0.05, 0) is 6.92 Å². The molecule has 7 heteroatoms. The van der Waals surface area contributed by atoms with Crippen molar-refractivity contribution in [3.63, 3.8) is 0 Å². The molecular weight excluding hydrogens is 214 g/mol. The number of carbonyl (C=O) groups excluding carboxylic acids is 1. The average molecular weight is 231 g/mol. The van der Waals surface area contributed by atoms with Gasteiger partial charge < -0.3 is 25.8 Å².